The number of hydrogen-bond acceptors (Lipinski definition) is 11. The molecule has 0 aromatic heterocycles. The molecule has 1 saturated heterocycles. The second-order valence-corrected chi connectivity index (χ2v) is 9.35. The Bertz CT molecular complexity index is 1030. The first-order chi connectivity index (χ1) is 17.7. The van der Waals surface area contributed by atoms with Gasteiger partial charge in [-0.25, -0.2) is 4.79 Å². The Kier molecular flexibility index (Phi) is 8.39. The standard InChI is InChI=1S/C25H33NO11/c1-3-12-14(7-16-13-8-18(34-2)17(28)6-11(13)4-5-26-16)15(23(32)33)10-35-24(12)37-25-22(31)21(30)20(29)19(9-27)36-25/h3,6,8,10,12,14,16,19-22,24-31H,1,4-5,7,9H2,2H3,(H,32,33)/t12-,14+,16-,19-,20-,21+,22-,24+,25+/m1/s1. The molecule has 0 radical (unpaired) electrons. The molecule has 0 aliphatic carbocycles. The number of carboxylic acids is 1. The van der Waals surface area contributed by atoms with E-state index in [2.05, 4.69) is 11.9 Å². The SMILES string of the molecule is C=C[C@H]1[C@H](O[C@@H]2O[C@H](CO)[C@@H](O)[C@H](O)[C@H]2O)OC=C(C(=O)O)[C@H]1C[C@H]1NCCc2cc(O)c(OC)cc21. The number of fused-ring (bicyclic) bond motifs is 1. The van der Waals surface area contributed by atoms with Gasteiger partial charge in [0.1, 0.15) is 24.4 Å². The van der Waals surface area contributed by atoms with E-state index in [4.69, 9.17) is 18.9 Å². The lowest BCUT2D eigenvalue weighted by Crippen LogP contribution is -2.60. The van der Waals surface area contributed by atoms with Gasteiger partial charge >= 0.3 is 5.97 Å². The second-order valence-electron chi connectivity index (χ2n) is 9.35. The smallest absolute Gasteiger partial charge is 0.334 e. The fourth-order valence-electron chi connectivity index (χ4n) is 5.21. The van der Waals surface area contributed by atoms with Crippen molar-refractivity contribution in [1.82, 2.24) is 5.32 Å². The molecule has 0 amide bonds. The minimum Gasteiger partial charge on any atom is -0.504 e. The molecule has 12 heteroatoms. The Morgan fingerprint density at radius 3 is 2.62 bits per heavy atom. The number of rotatable bonds is 8. The van der Waals surface area contributed by atoms with E-state index in [1.54, 1.807) is 12.1 Å². The maximum Gasteiger partial charge on any atom is 0.334 e. The molecule has 204 valence electrons. The third-order valence-electron chi connectivity index (χ3n) is 7.23. The lowest BCUT2D eigenvalue weighted by molar-refractivity contribution is -0.339. The van der Waals surface area contributed by atoms with Crippen LogP contribution in [0.3, 0.4) is 0 Å². The van der Waals surface area contributed by atoms with E-state index in [1.807, 2.05) is 0 Å². The molecule has 37 heavy (non-hydrogen) atoms. The van der Waals surface area contributed by atoms with Gasteiger partial charge in [0.05, 0.1) is 25.6 Å². The first kappa shape index (κ1) is 27.3. The van der Waals surface area contributed by atoms with Crippen LogP contribution in [0.1, 0.15) is 23.6 Å². The zero-order valence-electron chi connectivity index (χ0n) is 20.3. The van der Waals surface area contributed by atoms with Crippen LogP contribution in [-0.2, 0) is 25.4 Å². The minimum atomic E-state index is -1.65. The van der Waals surface area contributed by atoms with E-state index in [1.165, 1.54) is 13.2 Å². The predicted octanol–water partition coefficient (Wildman–Crippen LogP) is -0.463. The molecular formula is C25H33NO11. The number of aliphatic hydroxyl groups is 4. The maximum atomic E-state index is 12.1. The summed E-state index contributed by atoms with van der Waals surface area (Å²) in [6.07, 6.45) is -5.08. The molecule has 0 spiro atoms. The van der Waals surface area contributed by atoms with E-state index >= 15 is 0 Å². The highest BCUT2D eigenvalue weighted by Crippen LogP contribution is 2.42. The van der Waals surface area contributed by atoms with Crippen molar-refractivity contribution < 1.29 is 54.4 Å². The van der Waals surface area contributed by atoms with Crippen LogP contribution in [0.5, 0.6) is 11.5 Å². The van der Waals surface area contributed by atoms with E-state index < -0.39 is 61.4 Å². The molecule has 3 heterocycles. The van der Waals surface area contributed by atoms with Gasteiger partial charge in [0.15, 0.2) is 17.8 Å². The molecule has 12 nitrogen and oxygen atoms in total. The molecule has 1 aromatic carbocycles. The normalized spacial score (nSPS) is 35.6. The molecule has 3 aliphatic rings. The molecule has 0 bridgehead atoms. The summed E-state index contributed by atoms with van der Waals surface area (Å²) in [4.78, 5) is 12.1. The summed E-state index contributed by atoms with van der Waals surface area (Å²) in [6.45, 7) is 3.83. The van der Waals surface area contributed by atoms with E-state index in [0.717, 1.165) is 17.4 Å². The fraction of sp³-hybridized carbons (Fsp3) is 0.560. The Balaban J connectivity index is 1.60. The van der Waals surface area contributed by atoms with Gasteiger partial charge in [-0.05, 0) is 42.6 Å². The Labute approximate surface area is 213 Å². The molecular weight excluding hydrogens is 490 g/mol. The number of methoxy groups -OCH3 is 1. The minimum absolute atomic E-state index is 0.00165. The number of carboxylic acid groups (broad SMARTS) is 1. The summed E-state index contributed by atoms with van der Waals surface area (Å²) in [5.74, 6) is -2.22. The highest BCUT2D eigenvalue weighted by molar-refractivity contribution is 5.87. The predicted molar refractivity (Wildman–Crippen MR) is 126 cm³/mol. The summed E-state index contributed by atoms with van der Waals surface area (Å²) in [7, 11) is 1.45. The quantitative estimate of drug-likeness (QED) is 0.218. The van der Waals surface area contributed by atoms with Crippen LogP contribution in [0.15, 0.2) is 36.6 Å². The van der Waals surface area contributed by atoms with Crippen molar-refractivity contribution >= 4 is 5.97 Å². The van der Waals surface area contributed by atoms with Gasteiger partial charge in [0.2, 0.25) is 6.29 Å². The van der Waals surface area contributed by atoms with Crippen LogP contribution in [0.4, 0.5) is 0 Å². The number of carbonyl (C=O) groups is 1. The monoisotopic (exact) mass is 523 g/mol. The van der Waals surface area contributed by atoms with Crippen molar-refractivity contribution in [3.63, 3.8) is 0 Å². The van der Waals surface area contributed by atoms with Gasteiger partial charge in [0.25, 0.3) is 0 Å². The Morgan fingerprint density at radius 1 is 1.22 bits per heavy atom. The molecule has 1 fully saturated rings. The highest BCUT2D eigenvalue weighted by atomic mass is 16.8. The number of aromatic hydroxyl groups is 1. The summed E-state index contributed by atoms with van der Waals surface area (Å²) >= 11 is 0. The largest absolute Gasteiger partial charge is 0.504 e. The molecule has 7 N–H and O–H groups in total. The van der Waals surface area contributed by atoms with Crippen molar-refractivity contribution in [2.75, 3.05) is 20.3 Å². The van der Waals surface area contributed by atoms with Crippen LogP contribution in [0, 0.1) is 11.8 Å². The Hall–Kier alpha value is -2.71. The number of ether oxygens (including phenoxy) is 4. The first-order valence-electron chi connectivity index (χ1n) is 12.0. The topological polar surface area (TPSA) is 187 Å². The van der Waals surface area contributed by atoms with Gasteiger partial charge in [0, 0.05) is 17.9 Å². The number of hydrogen-bond donors (Lipinski definition) is 7. The van der Waals surface area contributed by atoms with Crippen molar-refractivity contribution in [1.29, 1.82) is 0 Å². The number of aliphatic carboxylic acids is 1. The lowest BCUT2D eigenvalue weighted by atomic mass is 9.77. The molecule has 4 rings (SSSR count). The molecule has 3 aliphatic heterocycles. The van der Waals surface area contributed by atoms with Crippen molar-refractivity contribution in [3.05, 3.63) is 47.7 Å². The van der Waals surface area contributed by atoms with Crippen LogP contribution >= 0.6 is 0 Å². The number of nitrogens with one attached hydrogen (secondary N) is 1. The molecule has 0 unspecified atom stereocenters. The third-order valence-corrected chi connectivity index (χ3v) is 7.23. The molecule has 9 atom stereocenters. The van der Waals surface area contributed by atoms with Crippen molar-refractivity contribution in [2.45, 2.75) is 55.9 Å². The van der Waals surface area contributed by atoms with Gasteiger partial charge in [-0.1, -0.05) is 6.08 Å². The molecule has 1 aromatic rings. The van der Waals surface area contributed by atoms with Gasteiger partial charge in [-0.15, -0.1) is 6.58 Å². The maximum absolute atomic E-state index is 12.1. The van der Waals surface area contributed by atoms with Crippen LogP contribution in [-0.4, -0.2) is 93.9 Å². The van der Waals surface area contributed by atoms with Crippen LogP contribution < -0.4 is 10.1 Å². The number of aliphatic hydroxyl groups excluding tert-OH is 4. The first-order valence-corrected chi connectivity index (χ1v) is 12.0. The van der Waals surface area contributed by atoms with Crippen molar-refractivity contribution in [2.24, 2.45) is 11.8 Å². The molecule has 0 saturated carbocycles. The number of phenolic OH excluding ortho intramolecular Hbond substituents is 1. The second kappa shape index (κ2) is 11.4. The van der Waals surface area contributed by atoms with E-state index in [-0.39, 0.29) is 17.4 Å². The number of phenols is 1. The van der Waals surface area contributed by atoms with E-state index in [0.29, 0.717) is 25.1 Å². The highest BCUT2D eigenvalue weighted by Gasteiger charge is 2.48. The summed E-state index contributed by atoms with van der Waals surface area (Å²) in [6, 6.07) is 3.09. The zero-order valence-corrected chi connectivity index (χ0v) is 20.3. The van der Waals surface area contributed by atoms with Crippen molar-refractivity contribution in [3.8, 4) is 11.5 Å². The average molecular weight is 524 g/mol. The fourth-order valence-corrected chi connectivity index (χ4v) is 5.21. The Morgan fingerprint density at radius 2 is 1.97 bits per heavy atom. The van der Waals surface area contributed by atoms with Crippen LogP contribution in [0.25, 0.3) is 0 Å². The zero-order chi connectivity index (χ0) is 26.9. The lowest BCUT2D eigenvalue weighted by Gasteiger charge is -2.43. The number of benzene rings is 1. The summed E-state index contributed by atoms with van der Waals surface area (Å²) < 4.78 is 22.1. The summed E-state index contributed by atoms with van der Waals surface area (Å²) in [5.41, 5.74) is 1.78. The summed E-state index contributed by atoms with van der Waals surface area (Å²) in [5, 5.41) is 63.5. The average Bonchev–Trinajstić information content (AvgIpc) is 2.88. The van der Waals surface area contributed by atoms with Gasteiger partial charge < -0.3 is 54.9 Å². The van der Waals surface area contributed by atoms with Gasteiger partial charge in [-0.3, -0.25) is 0 Å². The van der Waals surface area contributed by atoms with Crippen LogP contribution in [0.2, 0.25) is 0 Å². The van der Waals surface area contributed by atoms with E-state index in [9.17, 15) is 35.4 Å². The third kappa shape index (κ3) is 5.32. The van der Waals surface area contributed by atoms with Gasteiger partial charge in [-0.2, -0.15) is 0 Å².